The van der Waals surface area contributed by atoms with Gasteiger partial charge >= 0.3 is 6.18 Å². The van der Waals surface area contributed by atoms with Crippen LogP contribution in [0.15, 0.2) is 11.8 Å². The van der Waals surface area contributed by atoms with Gasteiger partial charge in [0, 0.05) is 6.08 Å². The fourth-order valence-corrected chi connectivity index (χ4v) is 0.291. The van der Waals surface area contributed by atoms with Gasteiger partial charge in [-0.2, -0.15) is 13.2 Å². The molecule has 0 rings (SSSR count). The van der Waals surface area contributed by atoms with E-state index in [0.29, 0.717) is 6.08 Å². The van der Waals surface area contributed by atoms with Crippen molar-refractivity contribution in [1.29, 1.82) is 5.41 Å². The Kier molecular flexibility index (Phi) is 2.45. The van der Waals surface area contributed by atoms with Crippen LogP contribution in [-0.2, 0) is 0 Å². The molecule has 0 saturated carbocycles. The zero-order chi connectivity index (χ0) is 8.36. The Bertz CT molecular complexity index is 166. The summed E-state index contributed by atoms with van der Waals surface area (Å²) in [5, 5.41) is 14.6. The topological polar surface area (TPSA) is 44.1 Å². The summed E-state index contributed by atoms with van der Waals surface area (Å²) >= 11 is 0. The van der Waals surface area contributed by atoms with E-state index in [1.807, 2.05) is 0 Å². The molecule has 0 amide bonds. The third-order valence-corrected chi connectivity index (χ3v) is 0.659. The van der Waals surface area contributed by atoms with Crippen LogP contribution in [0.4, 0.5) is 13.2 Å². The SMILES string of the molecule is C/C(O)=C/C(=N)C(F)(F)F. The molecule has 0 aromatic rings. The summed E-state index contributed by atoms with van der Waals surface area (Å²) in [5.41, 5.74) is -1.55. The van der Waals surface area contributed by atoms with Crippen LogP contribution in [0.5, 0.6) is 0 Å². The number of halogens is 3. The lowest BCUT2D eigenvalue weighted by Gasteiger charge is -2.02. The smallest absolute Gasteiger partial charge is 0.432 e. The summed E-state index contributed by atoms with van der Waals surface area (Å²) in [7, 11) is 0. The number of aliphatic hydroxyl groups excluding tert-OH is 1. The highest BCUT2D eigenvalue weighted by atomic mass is 19.4. The minimum absolute atomic E-state index is 0.347. The molecule has 0 atom stereocenters. The first-order valence-corrected chi connectivity index (χ1v) is 2.37. The summed E-state index contributed by atoms with van der Waals surface area (Å²) in [4.78, 5) is 0. The zero-order valence-electron chi connectivity index (χ0n) is 5.16. The van der Waals surface area contributed by atoms with Gasteiger partial charge in [0.05, 0.1) is 5.76 Å². The fraction of sp³-hybridized carbons (Fsp3) is 0.400. The molecule has 0 aliphatic rings. The van der Waals surface area contributed by atoms with Crippen molar-refractivity contribution in [2.24, 2.45) is 0 Å². The van der Waals surface area contributed by atoms with E-state index >= 15 is 0 Å². The number of aliphatic hydroxyl groups is 1. The lowest BCUT2D eigenvalue weighted by Crippen LogP contribution is -2.19. The quantitative estimate of drug-likeness (QED) is 0.439. The predicted molar refractivity (Wildman–Crippen MR) is 30.2 cm³/mol. The third kappa shape index (κ3) is 3.11. The van der Waals surface area contributed by atoms with Crippen LogP contribution < -0.4 is 0 Å². The molecular weight excluding hydrogens is 147 g/mol. The summed E-state index contributed by atoms with van der Waals surface area (Å²) in [5.74, 6) is -0.526. The number of hydrogen-bond donors (Lipinski definition) is 2. The molecule has 0 fully saturated rings. The monoisotopic (exact) mass is 153 g/mol. The number of nitrogens with one attached hydrogen (secondary N) is 1. The Balaban J connectivity index is 4.27. The van der Waals surface area contributed by atoms with E-state index in [4.69, 9.17) is 10.5 Å². The minimum Gasteiger partial charge on any atom is -0.513 e. The molecule has 0 aliphatic heterocycles. The standard InChI is InChI=1S/C5H6F3NO/c1-3(10)2-4(9)5(6,7)8/h2,9-10H,1H3/b3-2-,9-4?. The normalized spacial score (nSPS) is 13.4. The number of allylic oxidation sites excluding steroid dienone is 2. The first kappa shape index (κ1) is 9.00. The molecule has 2 N–H and O–H groups in total. The van der Waals surface area contributed by atoms with Crippen molar-refractivity contribution in [2.45, 2.75) is 13.1 Å². The maximum Gasteiger partial charge on any atom is 0.432 e. The highest BCUT2D eigenvalue weighted by molar-refractivity contribution is 5.97. The molecule has 0 bridgehead atoms. The molecule has 58 valence electrons. The van der Waals surface area contributed by atoms with Gasteiger partial charge in [0.1, 0.15) is 5.71 Å². The average Bonchev–Trinajstić information content (AvgIpc) is 1.60. The highest BCUT2D eigenvalue weighted by Crippen LogP contribution is 2.17. The van der Waals surface area contributed by atoms with Crippen LogP contribution >= 0.6 is 0 Å². The molecule has 0 aliphatic carbocycles. The van der Waals surface area contributed by atoms with Gasteiger partial charge in [-0.3, -0.25) is 5.41 Å². The fourth-order valence-electron chi connectivity index (χ4n) is 0.291. The second kappa shape index (κ2) is 2.72. The lowest BCUT2D eigenvalue weighted by atomic mass is 10.3. The van der Waals surface area contributed by atoms with Gasteiger partial charge in [0.25, 0.3) is 0 Å². The van der Waals surface area contributed by atoms with Crippen LogP contribution in [0.25, 0.3) is 0 Å². The van der Waals surface area contributed by atoms with Gasteiger partial charge in [-0.25, -0.2) is 0 Å². The van der Waals surface area contributed by atoms with Gasteiger partial charge in [0.2, 0.25) is 0 Å². The van der Waals surface area contributed by atoms with Crippen LogP contribution in [0, 0.1) is 5.41 Å². The Morgan fingerprint density at radius 1 is 1.50 bits per heavy atom. The van der Waals surface area contributed by atoms with Gasteiger partial charge in [-0.1, -0.05) is 0 Å². The van der Waals surface area contributed by atoms with E-state index in [2.05, 4.69) is 0 Å². The molecule has 0 unspecified atom stereocenters. The van der Waals surface area contributed by atoms with Crippen molar-refractivity contribution in [3.05, 3.63) is 11.8 Å². The Morgan fingerprint density at radius 2 is 1.90 bits per heavy atom. The van der Waals surface area contributed by atoms with E-state index in [1.165, 1.54) is 0 Å². The van der Waals surface area contributed by atoms with Crippen molar-refractivity contribution in [3.8, 4) is 0 Å². The second-order valence-electron chi connectivity index (χ2n) is 1.70. The number of alkyl halides is 3. The molecule has 0 heterocycles. The summed E-state index contributed by atoms with van der Waals surface area (Å²) in [6.07, 6.45) is -4.32. The van der Waals surface area contributed by atoms with Gasteiger partial charge in [-0.05, 0) is 6.92 Å². The highest BCUT2D eigenvalue weighted by Gasteiger charge is 2.32. The molecule has 5 heteroatoms. The average molecular weight is 153 g/mol. The summed E-state index contributed by atoms with van der Waals surface area (Å²) < 4.78 is 34.3. The van der Waals surface area contributed by atoms with E-state index in [9.17, 15) is 13.2 Å². The Morgan fingerprint density at radius 3 is 2.00 bits per heavy atom. The van der Waals surface area contributed by atoms with Crippen molar-refractivity contribution in [3.63, 3.8) is 0 Å². The molecule has 0 spiro atoms. The largest absolute Gasteiger partial charge is 0.513 e. The molecule has 0 aromatic carbocycles. The van der Waals surface area contributed by atoms with Gasteiger partial charge in [-0.15, -0.1) is 0 Å². The van der Waals surface area contributed by atoms with Crippen LogP contribution in [0.3, 0.4) is 0 Å². The van der Waals surface area contributed by atoms with Crippen LogP contribution in [0.1, 0.15) is 6.92 Å². The van der Waals surface area contributed by atoms with E-state index < -0.39 is 17.6 Å². The molecule has 0 aromatic heterocycles. The van der Waals surface area contributed by atoms with Gasteiger partial charge < -0.3 is 5.11 Å². The van der Waals surface area contributed by atoms with E-state index in [1.54, 1.807) is 0 Å². The van der Waals surface area contributed by atoms with Crippen molar-refractivity contribution in [1.82, 2.24) is 0 Å². The van der Waals surface area contributed by atoms with Crippen molar-refractivity contribution < 1.29 is 18.3 Å². The van der Waals surface area contributed by atoms with E-state index in [-0.39, 0.29) is 0 Å². The Labute approximate surface area is 55.5 Å². The minimum atomic E-state index is -4.66. The van der Waals surface area contributed by atoms with E-state index in [0.717, 1.165) is 6.92 Å². The second-order valence-corrected chi connectivity index (χ2v) is 1.70. The van der Waals surface area contributed by atoms with Crippen molar-refractivity contribution >= 4 is 5.71 Å². The summed E-state index contributed by atoms with van der Waals surface area (Å²) in [6.45, 7) is 1.07. The molecule has 10 heavy (non-hydrogen) atoms. The van der Waals surface area contributed by atoms with Gasteiger partial charge in [0.15, 0.2) is 0 Å². The zero-order valence-corrected chi connectivity index (χ0v) is 5.16. The number of rotatable bonds is 1. The first-order valence-electron chi connectivity index (χ1n) is 2.37. The van der Waals surface area contributed by atoms with Crippen LogP contribution in [-0.4, -0.2) is 17.0 Å². The molecule has 0 radical (unpaired) electrons. The Hall–Kier alpha value is -1.00. The maximum absolute atomic E-state index is 11.4. The molecular formula is C5H6F3NO. The maximum atomic E-state index is 11.4. The predicted octanol–water partition coefficient (Wildman–Crippen LogP) is 2.03. The molecule has 2 nitrogen and oxygen atoms in total. The first-order chi connectivity index (χ1) is 4.34. The van der Waals surface area contributed by atoms with Crippen molar-refractivity contribution in [2.75, 3.05) is 0 Å². The lowest BCUT2D eigenvalue weighted by molar-refractivity contribution is -0.0585. The third-order valence-electron chi connectivity index (χ3n) is 0.659. The number of hydrogen-bond acceptors (Lipinski definition) is 2. The molecule has 0 saturated heterocycles. The van der Waals surface area contributed by atoms with Crippen LogP contribution in [0.2, 0.25) is 0 Å². The summed E-state index contributed by atoms with van der Waals surface area (Å²) in [6, 6.07) is 0.